The summed E-state index contributed by atoms with van der Waals surface area (Å²) in [5.41, 5.74) is 2.60. The second-order valence-corrected chi connectivity index (χ2v) is 8.10. The maximum absolute atomic E-state index is 12.9. The molecule has 0 spiro atoms. The van der Waals surface area contributed by atoms with Crippen LogP contribution >= 0.6 is 0 Å². The quantitative estimate of drug-likeness (QED) is 0.679. The lowest BCUT2D eigenvalue weighted by Crippen LogP contribution is -2.26. The van der Waals surface area contributed by atoms with Gasteiger partial charge in [0.2, 0.25) is 16.0 Å². The van der Waals surface area contributed by atoms with Crippen LogP contribution < -0.4 is 20.3 Å². The number of aromatic nitrogens is 2. The van der Waals surface area contributed by atoms with Crippen LogP contribution in [0.4, 0.5) is 28.8 Å². The number of nitrogens with two attached hydrogens (primary N) is 1. The zero-order valence-corrected chi connectivity index (χ0v) is 16.5. The van der Waals surface area contributed by atoms with Gasteiger partial charge in [-0.3, -0.25) is 9.69 Å². The van der Waals surface area contributed by atoms with Gasteiger partial charge >= 0.3 is 0 Å². The van der Waals surface area contributed by atoms with Crippen LogP contribution in [0.25, 0.3) is 0 Å². The summed E-state index contributed by atoms with van der Waals surface area (Å²) in [4.78, 5) is 25.1. The van der Waals surface area contributed by atoms with Crippen molar-refractivity contribution in [3.05, 3.63) is 60.3 Å². The molecule has 2 aromatic carbocycles. The number of carbonyl (C=O) groups is 1. The molecule has 3 aromatic rings. The van der Waals surface area contributed by atoms with Gasteiger partial charge in [0.1, 0.15) is 5.69 Å². The minimum atomic E-state index is -3.76. The number of rotatable bonds is 3. The van der Waals surface area contributed by atoms with Crippen LogP contribution in [0.3, 0.4) is 0 Å². The Hall–Kier alpha value is -3.50. The van der Waals surface area contributed by atoms with Gasteiger partial charge in [-0.25, -0.2) is 18.5 Å². The van der Waals surface area contributed by atoms with Crippen LogP contribution in [-0.2, 0) is 10.0 Å². The fourth-order valence-corrected chi connectivity index (χ4v) is 3.64. The van der Waals surface area contributed by atoms with E-state index < -0.39 is 10.0 Å². The molecule has 10 heteroatoms. The third-order valence-electron chi connectivity index (χ3n) is 4.67. The number of para-hydroxylation sites is 1. The first kappa shape index (κ1) is 18.8. The van der Waals surface area contributed by atoms with E-state index in [1.165, 1.54) is 17.0 Å². The molecule has 4 rings (SSSR count). The average molecular weight is 410 g/mol. The minimum absolute atomic E-state index is 0.00983. The van der Waals surface area contributed by atoms with Gasteiger partial charge in [0.05, 0.1) is 22.3 Å². The maximum Gasteiger partial charge on any atom is 0.261 e. The van der Waals surface area contributed by atoms with Crippen LogP contribution in [0, 0.1) is 0 Å². The van der Waals surface area contributed by atoms with Crippen LogP contribution in [0.2, 0.25) is 0 Å². The van der Waals surface area contributed by atoms with Crippen LogP contribution in [0.5, 0.6) is 0 Å². The van der Waals surface area contributed by atoms with Gasteiger partial charge in [-0.2, -0.15) is 4.98 Å². The number of hydrogen-bond acceptors (Lipinski definition) is 7. The number of nitrogens with zero attached hydrogens (tertiary/aromatic N) is 4. The Bertz CT molecular complexity index is 1210. The van der Waals surface area contributed by atoms with E-state index in [-0.39, 0.29) is 16.8 Å². The Labute approximate surface area is 167 Å². The normalized spacial score (nSPS) is 13.6. The summed E-state index contributed by atoms with van der Waals surface area (Å²) in [6.07, 6.45) is 1.63. The monoisotopic (exact) mass is 410 g/mol. The zero-order valence-electron chi connectivity index (χ0n) is 15.7. The smallest absolute Gasteiger partial charge is 0.261 e. The highest BCUT2D eigenvalue weighted by Gasteiger charge is 2.28. The van der Waals surface area contributed by atoms with Gasteiger partial charge in [-0.05, 0) is 36.4 Å². The minimum Gasteiger partial charge on any atom is -0.340 e. The standard InChI is InChI=1S/C19H18N6O3S/c1-24-15-6-4-3-5-14(15)18(26)25(2)17-16(24)11-21-19(23-17)22-12-7-9-13(10-8-12)29(20,27)28/h3-11H,1-2H3,(H2,20,27,28)(H,21,22,23). The van der Waals surface area contributed by atoms with Gasteiger partial charge in [0, 0.05) is 19.8 Å². The highest BCUT2D eigenvalue weighted by Crippen LogP contribution is 2.38. The lowest BCUT2D eigenvalue weighted by Gasteiger charge is -2.21. The van der Waals surface area contributed by atoms with Crippen molar-refractivity contribution in [1.82, 2.24) is 9.97 Å². The number of hydrogen-bond donors (Lipinski definition) is 2. The first-order valence-corrected chi connectivity index (χ1v) is 10.2. The Morgan fingerprint density at radius 1 is 0.966 bits per heavy atom. The molecule has 1 aromatic heterocycles. The van der Waals surface area contributed by atoms with Gasteiger partial charge in [-0.15, -0.1) is 0 Å². The molecule has 1 amide bonds. The third-order valence-corrected chi connectivity index (χ3v) is 5.60. The molecular formula is C19H18N6O3S. The molecule has 1 aliphatic heterocycles. The van der Waals surface area contributed by atoms with Crippen LogP contribution in [0.1, 0.15) is 10.4 Å². The molecule has 3 N–H and O–H groups in total. The summed E-state index contributed by atoms with van der Waals surface area (Å²) in [5, 5.41) is 8.12. The maximum atomic E-state index is 12.9. The summed E-state index contributed by atoms with van der Waals surface area (Å²) in [6, 6.07) is 13.2. The number of primary sulfonamides is 1. The summed E-state index contributed by atoms with van der Waals surface area (Å²) >= 11 is 0. The van der Waals surface area contributed by atoms with Crippen LogP contribution in [-0.4, -0.2) is 38.4 Å². The van der Waals surface area contributed by atoms with E-state index in [0.717, 1.165) is 5.69 Å². The number of carbonyl (C=O) groups excluding carboxylic acids is 1. The number of fused-ring (bicyclic) bond motifs is 2. The van der Waals surface area contributed by atoms with Crippen molar-refractivity contribution in [2.75, 3.05) is 29.2 Å². The Balaban J connectivity index is 1.70. The molecule has 0 aliphatic carbocycles. The van der Waals surface area contributed by atoms with Crippen molar-refractivity contribution in [2.45, 2.75) is 4.90 Å². The summed E-state index contributed by atoms with van der Waals surface area (Å²) in [5.74, 6) is 0.548. The Morgan fingerprint density at radius 3 is 2.34 bits per heavy atom. The molecule has 1 aliphatic rings. The number of anilines is 5. The topological polar surface area (TPSA) is 122 Å². The number of amides is 1. The first-order valence-electron chi connectivity index (χ1n) is 8.63. The predicted octanol–water partition coefficient (Wildman–Crippen LogP) is 2.23. The summed E-state index contributed by atoms with van der Waals surface area (Å²) < 4.78 is 22.8. The second kappa shape index (κ2) is 6.83. The molecule has 0 saturated heterocycles. The van der Waals surface area contributed by atoms with E-state index in [0.29, 0.717) is 22.8 Å². The first-order chi connectivity index (χ1) is 13.8. The zero-order chi connectivity index (χ0) is 20.8. The lowest BCUT2D eigenvalue weighted by atomic mass is 10.1. The van der Waals surface area contributed by atoms with Gasteiger partial charge in [0.15, 0.2) is 5.82 Å². The molecule has 9 nitrogen and oxygen atoms in total. The molecule has 148 valence electrons. The van der Waals surface area contributed by atoms with Crippen LogP contribution in [0.15, 0.2) is 59.6 Å². The van der Waals surface area contributed by atoms with Gasteiger partial charge in [0.25, 0.3) is 5.91 Å². The molecule has 0 saturated carbocycles. The Kier molecular flexibility index (Phi) is 4.44. The van der Waals surface area contributed by atoms with Crippen molar-refractivity contribution >= 4 is 44.8 Å². The SMILES string of the molecule is CN1C(=O)c2ccccc2N(C)c2cnc(Nc3ccc(S(N)(=O)=O)cc3)nc21. The largest absolute Gasteiger partial charge is 0.340 e. The van der Waals surface area contributed by atoms with Crippen molar-refractivity contribution in [3.8, 4) is 0 Å². The summed E-state index contributed by atoms with van der Waals surface area (Å²) in [6.45, 7) is 0. The van der Waals surface area contributed by atoms with Crippen molar-refractivity contribution in [2.24, 2.45) is 5.14 Å². The van der Waals surface area contributed by atoms with Gasteiger partial charge < -0.3 is 10.2 Å². The van der Waals surface area contributed by atoms with E-state index >= 15 is 0 Å². The van der Waals surface area contributed by atoms with E-state index in [4.69, 9.17) is 5.14 Å². The molecular weight excluding hydrogens is 392 g/mol. The predicted molar refractivity (Wildman–Crippen MR) is 110 cm³/mol. The number of benzene rings is 2. The van der Waals surface area contributed by atoms with E-state index in [9.17, 15) is 13.2 Å². The fraction of sp³-hybridized carbons (Fsp3) is 0.105. The molecule has 0 bridgehead atoms. The lowest BCUT2D eigenvalue weighted by molar-refractivity contribution is 0.0993. The highest BCUT2D eigenvalue weighted by molar-refractivity contribution is 7.89. The van der Waals surface area contributed by atoms with E-state index in [1.807, 2.05) is 30.1 Å². The van der Waals surface area contributed by atoms with Crippen molar-refractivity contribution in [3.63, 3.8) is 0 Å². The van der Waals surface area contributed by atoms with Gasteiger partial charge in [-0.1, -0.05) is 12.1 Å². The molecule has 0 radical (unpaired) electrons. The number of nitrogens with one attached hydrogen (secondary N) is 1. The fourth-order valence-electron chi connectivity index (χ4n) is 3.12. The second-order valence-electron chi connectivity index (χ2n) is 6.54. The molecule has 0 unspecified atom stereocenters. The molecule has 2 heterocycles. The molecule has 0 fully saturated rings. The highest BCUT2D eigenvalue weighted by atomic mass is 32.2. The van der Waals surface area contributed by atoms with Crippen molar-refractivity contribution < 1.29 is 13.2 Å². The molecule has 29 heavy (non-hydrogen) atoms. The number of sulfonamides is 1. The van der Waals surface area contributed by atoms with Crippen molar-refractivity contribution in [1.29, 1.82) is 0 Å². The molecule has 0 atom stereocenters. The van der Waals surface area contributed by atoms with E-state index in [1.54, 1.807) is 31.4 Å². The van der Waals surface area contributed by atoms with E-state index in [2.05, 4.69) is 15.3 Å². The third kappa shape index (κ3) is 3.39. The summed E-state index contributed by atoms with van der Waals surface area (Å²) in [7, 11) is -0.248. The average Bonchev–Trinajstić information content (AvgIpc) is 2.78. The Morgan fingerprint density at radius 2 is 1.66 bits per heavy atom.